The van der Waals surface area contributed by atoms with E-state index in [-0.39, 0.29) is 48.1 Å². The number of fused-ring (bicyclic) bond motifs is 1. The third-order valence-corrected chi connectivity index (χ3v) is 4.97. The number of hydrogen-bond acceptors (Lipinski definition) is 5. The SMILES string of the molecule is Cn1c(=O)[nH]c2nc(OC3=CCCC(OC(F)(F)F)=C3)n(Cc3ccc(Cl)cc3)c2c1=O. The van der Waals surface area contributed by atoms with Gasteiger partial charge >= 0.3 is 18.1 Å². The molecule has 0 atom stereocenters. The standard InChI is InChI=1S/C20H16ClF3N4O4/c1-27-17(29)15-16(25-18(27)30)26-19(28(15)10-11-5-7-12(21)8-6-11)31-13-3-2-4-14(9-13)32-20(22,23)24/h3,5-9H,2,4,10H2,1H3,(H,25,30). The average molecular weight is 469 g/mol. The number of aromatic nitrogens is 4. The topological polar surface area (TPSA) is 91.1 Å². The van der Waals surface area contributed by atoms with Crippen LogP contribution in [0, 0.1) is 0 Å². The quantitative estimate of drug-likeness (QED) is 0.618. The Hall–Kier alpha value is -3.47. The molecule has 1 aliphatic carbocycles. The van der Waals surface area contributed by atoms with Crippen LogP contribution in [0.2, 0.25) is 5.02 Å². The van der Waals surface area contributed by atoms with Gasteiger partial charge in [-0.2, -0.15) is 4.98 Å². The first-order valence-corrected chi connectivity index (χ1v) is 9.77. The molecule has 0 saturated heterocycles. The summed E-state index contributed by atoms with van der Waals surface area (Å²) in [5, 5.41) is 0.524. The summed E-state index contributed by atoms with van der Waals surface area (Å²) >= 11 is 5.93. The third kappa shape index (κ3) is 4.57. The number of alkyl halides is 3. The van der Waals surface area contributed by atoms with E-state index in [0.717, 1.165) is 16.2 Å². The first kappa shape index (κ1) is 21.8. The van der Waals surface area contributed by atoms with Gasteiger partial charge in [-0.1, -0.05) is 23.7 Å². The van der Waals surface area contributed by atoms with Gasteiger partial charge in [-0.05, 0) is 30.2 Å². The van der Waals surface area contributed by atoms with Gasteiger partial charge in [-0.3, -0.25) is 18.9 Å². The zero-order chi connectivity index (χ0) is 23.0. The Morgan fingerprint density at radius 3 is 2.62 bits per heavy atom. The van der Waals surface area contributed by atoms with Gasteiger partial charge in [-0.25, -0.2) is 4.79 Å². The number of allylic oxidation sites excluding steroid dienone is 3. The molecule has 0 radical (unpaired) electrons. The fourth-order valence-electron chi connectivity index (χ4n) is 3.22. The van der Waals surface area contributed by atoms with Gasteiger partial charge in [0.15, 0.2) is 11.2 Å². The molecule has 0 bridgehead atoms. The number of ether oxygens (including phenoxy) is 2. The molecule has 0 saturated carbocycles. The monoisotopic (exact) mass is 468 g/mol. The van der Waals surface area contributed by atoms with E-state index in [1.54, 1.807) is 30.3 Å². The zero-order valence-electron chi connectivity index (χ0n) is 16.6. The van der Waals surface area contributed by atoms with Gasteiger partial charge in [0.25, 0.3) is 5.56 Å². The largest absolute Gasteiger partial charge is 0.572 e. The summed E-state index contributed by atoms with van der Waals surface area (Å²) in [6.07, 6.45) is -1.81. The maximum atomic E-state index is 12.8. The van der Waals surface area contributed by atoms with Crippen LogP contribution in [0.25, 0.3) is 11.2 Å². The van der Waals surface area contributed by atoms with Crippen LogP contribution in [0.1, 0.15) is 18.4 Å². The van der Waals surface area contributed by atoms with Gasteiger partial charge in [0, 0.05) is 24.6 Å². The Morgan fingerprint density at radius 1 is 1.22 bits per heavy atom. The second-order valence-corrected chi connectivity index (χ2v) is 7.44. The molecule has 0 amide bonds. The maximum Gasteiger partial charge on any atom is 0.572 e. The highest BCUT2D eigenvalue weighted by Crippen LogP contribution is 2.29. The number of rotatable bonds is 5. The van der Waals surface area contributed by atoms with Crippen molar-refractivity contribution in [2.24, 2.45) is 7.05 Å². The van der Waals surface area contributed by atoms with Crippen LogP contribution >= 0.6 is 11.6 Å². The predicted octanol–water partition coefficient (Wildman–Crippen LogP) is 3.60. The minimum Gasteiger partial charge on any atom is -0.426 e. The minimum atomic E-state index is -4.82. The number of halogens is 4. The van der Waals surface area contributed by atoms with Crippen LogP contribution in [-0.2, 0) is 18.3 Å². The van der Waals surface area contributed by atoms with Crippen molar-refractivity contribution in [3.8, 4) is 6.01 Å². The van der Waals surface area contributed by atoms with Crippen molar-refractivity contribution in [2.75, 3.05) is 0 Å². The Kier molecular flexibility index (Phi) is 5.59. The van der Waals surface area contributed by atoms with Gasteiger partial charge in [0.1, 0.15) is 11.5 Å². The van der Waals surface area contributed by atoms with Crippen molar-refractivity contribution >= 4 is 22.8 Å². The molecule has 168 valence electrons. The number of nitrogens with one attached hydrogen (secondary N) is 1. The highest BCUT2D eigenvalue weighted by molar-refractivity contribution is 6.30. The summed E-state index contributed by atoms with van der Waals surface area (Å²) in [4.78, 5) is 31.5. The summed E-state index contributed by atoms with van der Waals surface area (Å²) in [7, 11) is 1.31. The molecule has 0 spiro atoms. The molecule has 2 heterocycles. The van der Waals surface area contributed by atoms with Crippen molar-refractivity contribution in [2.45, 2.75) is 25.7 Å². The van der Waals surface area contributed by atoms with E-state index in [2.05, 4.69) is 14.7 Å². The van der Waals surface area contributed by atoms with Crippen LogP contribution in [0.3, 0.4) is 0 Å². The molecule has 12 heteroatoms. The molecule has 0 fully saturated rings. The van der Waals surface area contributed by atoms with Crippen LogP contribution in [0.5, 0.6) is 6.01 Å². The Bertz CT molecular complexity index is 1350. The summed E-state index contributed by atoms with van der Waals surface area (Å²) in [6, 6.07) is 6.74. The number of H-pyrrole nitrogens is 1. The summed E-state index contributed by atoms with van der Waals surface area (Å²) in [5.74, 6) is -0.234. The van der Waals surface area contributed by atoms with Crippen LogP contribution in [-0.4, -0.2) is 25.5 Å². The first-order chi connectivity index (χ1) is 15.1. The van der Waals surface area contributed by atoms with E-state index in [4.69, 9.17) is 16.3 Å². The van der Waals surface area contributed by atoms with Gasteiger partial charge < -0.3 is 9.47 Å². The number of hydrogen-bond donors (Lipinski definition) is 1. The lowest BCUT2D eigenvalue weighted by Gasteiger charge is -2.17. The maximum absolute atomic E-state index is 12.8. The number of nitrogens with zero attached hydrogens (tertiary/aromatic N) is 3. The second kappa shape index (κ2) is 8.23. The average Bonchev–Trinajstić information content (AvgIpc) is 3.03. The summed E-state index contributed by atoms with van der Waals surface area (Å²) < 4.78 is 49.8. The molecule has 3 aromatic rings. The van der Waals surface area contributed by atoms with Crippen molar-refractivity contribution in [1.82, 2.24) is 19.1 Å². The molecular weight excluding hydrogens is 453 g/mol. The lowest BCUT2D eigenvalue weighted by molar-refractivity contribution is -0.306. The highest BCUT2D eigenvalue weighted by atomic mass is 35.5. The normalized spacial score (nSPS) is 14.3. The smallest absolute Gasteiger partial charge is 0.426 e. The minimum absolute atomic E-state index is 0.00535. The van der Waals surface area contributed by atoms with Crippen LogP contribution in [0.15, 0.2) is 57.5 Å². The van der Waals surface area contributed by atoms with E-state index < -0.39 is 17.6 Å². The molecule has 4 rings (SSSR count). The first-order valence-electron chi connectivity index (χ1n) is 9.39. The van der Waals surface area contributed by atoms with Crippen molar-refractivity contribution in [3.05, 3.63) is 79.4 Å². The predicted molar refractivity (Wildman–Crippen MR) is 109 cm³/mol. The van der Waals surface area contributed by atoms with Crippen molar-refractivity contribution in [1.29, 1.82) is 0 Å². The van der Waals surface area contributed by atoms with Crippen LogP contribution < -0.4 is 16.0 Å². The molecule has 32 heavy (non-hydrogen) atoms. The second-order valence-electron chi connectivity index (χ2n) is 7.00. The molecule has 1 aliphatic rings. The Balaban J connectivity index is 1.77. The van der Waals surface area contributed by atoms with E-state index >= 15 is 0 Å². The fourth-order valence-corrected chi connectivity index (χ4v) is 3.35. The van der Waals surface area contributed by atoms with E-state index in [0.29, 0.717) is 5.02 Å². The van der Waals surface area contributed by atoms with Gasteiger partial charge in [0.05, 0.1) is 6.54 Å². The molecular formula is C20H16ClF3N4O4. The van der Waals surface area contributed by atoms with Gasteiger partial charge in [-0.15, -0.1) is 13.2 Å². The van der Waals surface area contributed by atoms with Gasteiger partial charge in [0.2, 0.25) is 0 Å². The Morgan fingerprint density at radius 2 is 1.94 bits per heavy atom. The van der Waals surface area contributed by atoms with E-state index in [1.165, 1.54) is 11.6 Å². The lowest BCUT2D eigenvalue weighted by Crippen LogP contribution is -2.33. The van der Waals surface area contributed by atoms with E-state index in [9.17, 15) is 22.8 Å². The third-order valence-electron chi connectivity index (χ3n) is 4.72. The van der Waals surface area contributed by atoms with Crippen molar-refractivity contribution in [3.63, 3.8) is 0 Å². The van der Waals surface area contributed by atoms with Crippen molar-refractivity contribution < 1.29 is 22.6 Å². The molecule has 1 N–H and O–H groups in total. The number of imidazole rings is 1. The highest BCUT2D eigenvalue weighted by Gasteiger charge is 2.32. The lowest BCUT2D eigenvalue weighted by atomic mass is 10.1. The summed E-state index contributed by atoms with van der Waals surface area (Å²) in [6.45, 7) is 0.132. The van der Waals surface area contributed by atoms with Crippen LogP contribution in [0.4, 0.5) is 13.2 Å². The molecule has 0 aliphatic heterocycles. The molecule has 8 nitrogen and oxygen atoms in total. The molecule has 0 unspecified atom stereocenters. The number of benzene rings is 1. The Labute approximate surface area is 183 Å². The number of aromatic amines is 1. The summed E-state index contributed by atoms with van der Waals surface area (Å²) in [5.41, 5.74) is -0.448. The molecule has 2 aromatic heterocycles. The molecule has 1 aromatic carbocycles. The van der Waals surface area contributed by atoms with E-state index in [1.807, 2.05) is 0 Å². The zero-order valence-corrected chi connectivity index (χ0v) is 17.3. The fraction of sp³-hybridized carbons (Fsp3) is 0.250.